The molecule has 1 saturated heterocycles. The molecule has 1 fully saturated rings. The van der Waals surface area contributed by atoms with Gasteiger partial charge in [0.15, 0.2) is 0 Å². The van der Waals surface area contributed by atoms with Gasteiger partial charge in [-0.1, -0.05) is 18.6 Å². The highest BCUT2D eigenvalue weighted by molar-refractivity contribution is 5.28. The van der Waals surface area contributed by atoms with Crippen molar-refractivity contribution in [2.75, 3.05) is 13.7 Å². The van der Waals surface area contributed by atoms with Gasteiger partial charge in [0.2, 0.25) is 0 Å². The van der Waals surface area contributed by atoms with E-state index < -0.39 is 6.17 Å². The maximum Gasteiger partial charge on any atom is 0.119 e. The van der Waals surface area contributed by atoms with Crippen molar-refractivity contribution < 1.29 is 9.13 Å². The number of halogens is 1. The summed E-state index contributed by atoms with van der Waals surface area (Å²) in [5.41, 5.74) is 1.00. The summed E-state index contributed by atoms with van der Waals surface area (Å²) in [4.78, 5) is 0. The Kier molecular flexibility index (Phi) is 4.37. The molecule has 0 aliphatic carbocycles. The molecule has 0 bridgehead atoms. The Labute approximate surface area is 102 Å². The summed E-state index contributed by atoms with van der Waals surface area (Å²) in [7, 11) is 1.63. The lowest BCUT2D eigenvalue weighted by Crippen LogP contribution is -2.42. The first kappa shape index (κ1) is 12.4. The van der Waals surface area contributed by atoms with E-state index in [4.69, 9.17) is 4.74 Å². The molecule has 0 radical (unpaired) electrons. The van der Waals surface area contributed by atoms with Crippen molar-refractivity contribution in [2.45, 2.75) is 37.9 Å². The van der Waals surface area contributed by atoms with Crippen LogP contribution in [-0.4, -0.2) is 25.9 Å². The molecule has 2 unspecified atom stereocenters. The van der Waals surface area contributed by atoms with Gasteiger partial charge in [0.25, 0.3) is 0 Å². The lowest BCUT2D eigenvalue weighted by molar-refractivity contribution is 0.217. The van der Waals surface area contributed by atoms with Gasteiger partial charge in [-0.15, -0.1) is 0 Å². The summed E-state index contributed by atoms with van der Waals surface area (Å²) < 4.78 is 19.3. The first-order valence-corrected chi connectivity index (χ1v) is 6.30. The van der Waals surface area contributed by atoms with Crippen molar-refractivity contribution in [2.24, 2.45) is 0 Å². The summed E-state index contributed by atoms with van der Waals surface area (Å²) in [5.74, 6) is 0.798. The Morgan fingerprint density at radius 1 is 1.47 bits per heavy atom. The molecule has 2 atom stereocenters. The first-order valence-electron chi connectivity index (χ1n) is 6.30. The summed E-state index contributed by atoms with van der Waals surface area (Å²) in [6.07, 6.45) is 2.92. The average Bonchev–Trinajstić information content (AvgIpc) is 2.40. The van der Waals surface area contributed by atoms with Gasteiger partial charge in [0, 0.05) is 12.5 Å². The van der Waals surface area contributed by atoms with Gasteiger partial charge in [0.1, 0.15) is 11.9 Å². The molecule has 94 valence electrons. The largest absolute Gasteiger partial charge is 0.497 e. The number of ether oxygens (including phenoxy) is 1. The zero-order valence-corrected chi connectivity index (χ0v) is 10.3. The fourth-order valence-electron chi connectivity index (χ4n) is 2.35. The molecule has 0 amide bonds. The SMILES string of the molecule is COc1cccc(CC(F)C2CCCCN2)c1. The minimum Gasteiger partial charge on any atom is -0.497 e. The van der Waals surface area contributed by atoms with Gasteiger partial charge in [-0.25, -0.2) is 4.39 Å². The van der Waals surface area contributed by atoms with Crippen molar-refractivity contribution in [1.29, 1.82) is 0 Å². The molecular formula is C14H20FNO. The number of nitrogens with one attached hydrogen (secondary N) is 1. The quantitative estimate of drug-likeness (QED) is 0.869. The van der Waals surface area contributed by atoms with Gasteiger partial charge in [0.05, 0.1) is 7.11 Å². The van der Waals surface area contributed by atoms with Crippen molar-refractivity contribution in [3.63, 3.8) is 0 Å². The Morgan fingerprint density at radius 2 is 2.35 bits per heavy atom. The van der Waals surface area contributed by atoms with E-state index in [0.717, 1.165) is 30.7 Å². The van der Waals surface area contributed by atoms with Crippen molar-refractivity contribution in [3.8, 4) is 5.75 Å². The molecule has 1 aliphatic heterocycles. The molecule has 17 heavy (non-hydrogen) atoms. The van der Waals surface area contributed by atoms with Crippen molar-refractivity contribution in [3.05, 3.63) is 29.8 Å². The molecule has 2 rings (SSSR count). The normalized spacial score (nSPS) is 22.1. The highest BCUT2D eigenvalue weighted by atomic mass is 19.1. The molecule has 3 heteroatoms. The summed E-state index contributed by atoms with van der Waals surface area (Å²) in [5, 5.41) is 3.26. The zero-order chi connectivity index (χ0) is 12.1. The van der Waals surface area contributed by atoms with Gasteiger partial charge in [-0.05, 0) is 37.1 Å². The predicted molar refractivity (Wildman–Crippen MR) is 67.2 cm³/mol. The van der Waals surface area contributed by atoms with Crippen LogP contribution < -0.4 is 10.1 Å². The lowest BCUT2D eigenvalue weighted by atomic mass is 9.96. The van der Waals surface area contributed by atoms with E-state index in [2.05, 4.69) is 5.32 Å². The number of alkyl halides is 1. The highest BCUT2D eigenvalue weighted by Crippen LogP contribution is 2.19. The Balaban J connectivity index is 1.94. The molecule has 1 aromatic rings. The van der Waals surface area contributed by atoms with Crippen LogP contribution in [0.5, 0.6) is 5.75 Å². The van der Waals surface area contributed by atoms with Gasteiger partial charge >= 0.3 is 0 Å². The standard InChI is InChI=1S/C14H20FNO/c1-17-12-6-4-5-11(9-12)10-13(15)14-7-2-3-8-16-14/h4-6,9,13-14,16H,2-3,7-8,10H2,1H3. The Bertz CT molecular complexity index is 350. The van der Waals surface area contributed by atoms with Crippen molar-refractivity contribution in [1.82, 2.24) is 5.32 Å². The molecule has 1 aliphatic rings. The van der Waals surface area contributed by atoms with E-state index in [-0.39, 0.29) is 6.04 Å². The summed E-state index contributed by atoms with van der Waals surface area (Å²) in [6.45, 7) is 0.948. The van der Waals surface area contributed by atoms with E-state index in [1.54, 1.807) is 7.11 Å². The molecule has 0 spiro atoms. The number of methoxy groups -OCH3 is 1. The van der Waals surface area contributed by atoms with Crippen LogP contribution in [0.15, 0.2) is 24.3 Å². The van der Waals surface area contributed by atoms with Gasteiger partial charge in [-0.2, -0.15) is 0 Å². The molecule has 1 aromatic carbocycles. The molecular weight excluding hydrogens is 217 g/mol. The minimum atomic E-state index is -0.803. The molecule has 0 saturated carbocycles. The van der Waals surface area contributed by atoms with E-state index in [9.17, 15) is 4.39 Å². The van der Waals surface area contributed by atoms with E-state index in [1.165, 1.54) is 6.42 Å². The topological polar surface area (TPSA) is 21.3 Å². The second-order valence-corrected chi connectivity index (χ2v) is 4.63. The second kappa shape index (κ2) is 6.01. The predicted octanol–water partition coefficient (Wildman–Crippen LogP) is 2.72. The fraction of sp³-hybridized carbons (Fsp3) is 0.571. The fourth-order valence-corrected chi connectivity index (χ4v) is 2.35. The smallest absolute Gasteiger partial charge is 0.119 e. The van der Waals surface area contributed by atoms with E-state index in [0.29, 0.717) is 6.42 Å². The second-order valence-electron chi connectivity index (χ2n) is 4.63. The van der Waals surface area contributed by atoms with E-state index >= 15 is 0 Å². The van der Waals surface area contributed by atoms with Crippen LogP contribution in [0.4, 0.5) is 4.39 Å². The lowest BCUT2D eigenvalue weighted by Gasteiger charge is -2.26. The molecule has 1 heterocycles. The van der Waals surface area contributed by atoms with Crippen molar-refractivity contribution >= 4 is 0 Å². The van der Waals surface area contributed by atoms with Gasteiger partial charge < -0.3 is 10.1 Å². The van der Waals surface area contributed by atoms with Crippen LogP contribution in [0.25, 0.3) is 0 Å². The number of hydrogen-bond acceptors (Lipinski definition) is 2. The molecule has 0 aromatic heterocycles. The zero-order valence-electron chi connectivity index (χ0n) is 10.3. The summed E-state index contributed by atoms with van der Waals surface area (Å²) >= 11 is 0. The Morgan fingerprint density at radius 3 is 3.06 bits per heavy atom. The molecule has 1 N–H and O–H groups in total. The van der Waals surface area contributed by atoms with Crippen LogP contribution in [0.1, 0.15) is 24.8 Å². The van der Waals surface area contributed by atoms with Crippen LogP contribution >= 0.6 is 0 Å². The third-order valence-corrected chi connectivity index (χ3v) is 3.35. The molecule has 2 nitrogen and oxygen atoms in total. The van der Waals surface area contributed by atoms with Crippen LogP contribution in [0.3, 0.4) is 0 Å². The highest BCUT2D eigenvalue weighted by Gasteiger charge is 2.22. The number of benzene rings is 1. The van der Waals surface area contributed by atoms with Gasteiger partial charge in [-0.3, -0.25) is 0 Å². The first-order chi connectivity index (χ1) is 8.29. The van der Waals surface area contributed by atoms with Crippen LogP contribution in [-0.2, 0) is 6.42 Å². The van der Waals surface area contributed by atoms with E-state index in [1.807, 2.05) is 24.3 Å². The maximum atomic E-state index is 14.1. The number of rotatable bonds is 4. The third kappa shape index (κ3) is 3.43. The number of piperidine rings is 1. The average molecular weight is 237 g/mol. The third-order valence-electron chi connectivity index (χ3n) is 3.35. The summed E-state index contributed by atoms with van der Waals surface area (Å²) in [6, 6.07) is 7.69. The van der Waals surface area contributed by atoms with Crippen LogP contribution in [0.2, 0.25) is 0 Å². The Hall–Kier alpha value is -1.09. The monoisotopic (exact) mass is 237 g/mol. The maximum absolute atomic E-state index is 14.1. The van der Waals surface area contributed by atoms with Crippen LogP contribution in [0, 0.1) is 0 Å². The minimum absolute atomic E-state index is 0.0231. The number of hydrogen-bond donors (Lipinski definition) is 1.